The van der Waals surface area contributed by atoms with Crippen molar-refractivity contribution in [1.29, 1.82) is 0 Å². The van der Waals surface area contributed by atoms with E-state index in [0.717, 1.165) is 15.6 Å². The summed E-state index contributed by atoms with van der Waals surface area (Å²) in [5.41, 5.74) is 1.51. The van der Waals surface area contributed by atoms with Crippen LogP contribution in [-0.4, -0.2) is 6.54 Å². The average molecular weight is 358 g/mol. The number of hydrogen-bond acceptors (Lipinski definition) is 1. The first-order valence-electron chi connectivity index (χ1n) is 6.58. The lowest BCUT2D eigenvalue weighted by molar-refractivity contribution is 0.492. The minimum atomic E-state index is -0.920. The van der Waals surface area contributed by atoms with Crippen LogP contribution >= 0.6 is 15.9 Å². The van der Waals surface area contributed by atoms with Crippen LogP contribution in [0.25, 0.3) is 0 Å². The SMILES string of the molecule is CCNC(c1ccc(Br)c(C)c1)c1c(F)cc(F)cc1F. The summed E-state index contributed by atoms with van der Waals surface area (Å²) >= 11 is 3.39. The maximum Gasteiger partial charge on any atom is 0.134 e. The second-order valence-electron chi connectivity index (χ2n) is 4.78. The summed E-state index contributed by atoms with van der Waals surface area (Å²) in [7, 11) is 0. The van der Waals surface area contributed by atoms with Gasteiger partial charge in [-0.05, 0) is 30.7 Å². The summed E-state index contributed by atoms with van der Waals surface area (Å²) in [6.07, 6.45) is 0. The molecule has 2 aromatic carbocycles. The fraction of sp³-hybridized carbons (Fsp3) is 0.250. The van der Waals surface area contributed by atoms with E-state index in [2.05, 4.69) is 21.2 Å². The average Bonchev–Trinajstić information content (AvgIpc) is 2.40. The molecule has 0 bridgehead atoms. The molecule has 0 amide bonds. The molecule has 0 heterocycles. The molecule has 0 saturated carbocycles. The first-order chi connectivity index (χ1) is 9.93. The quantitative estimate of drug-likeness (QED) is 0.822. The van der Waals surface area contributed by atoms with Gasteiger partial charge in [0, 0.05) is 22.2 Å². The highest BCUT2D eigenvalue weighted by Gasteiger charge is 2.22. The van der Waals surface area contributed by atoms with E-state index in [9.17, 15) is 13.2 Å². The van der Waals surface area contributed by atoms with Crippen molar-refractivity contribution in [2.75, 3.05) is 6.54 Å². The number of halogens is 4. The molecule has 0 aliphatic heterocycles. The highest BCUT2D eigenvalue weighted by Crippen LogP contribution is 2.30. The van der Waals surface area contributed by atoms with Gasteiger partial charge in [0.2, 0.25) is 0 Å². The molecule has 1 unspecified atom stereocenters. The van der Waals surface area contributed by atoms with Crippen molar-refractivity contribution in [3.05, 3.63) is 68.9 Å². The molecule has 0 spiro atoms. The summed E-state index contributed by atoms with van der Waals surface area (Å²) in [4.78, 5) is 0. The van der Waals surface area contributed by atoms with Crippen molar-refractivity contribution < 1.29 is 13.2 Å². The maximum absolute atomic E-state index is 14.0. The molecule has 0 radical (unpaired) electrons. The highest BCUT2D eigenvalue weighted by molar-refractivity contribution is 9.10. The zero-order valence-corrected chi connectivity index (χ0v) is 13.3. The van der Waals surface area contributed by atoms with E-state index in [1.807, 2.05) is 26.0 Å². The number of hydrogen-bond donors (Lipinski definition) is 1. The molecule has 0 saturated heterocycles. The number of aryl methyl sites for hydroxylation is 1. The van der Waals surface area contributed by atoms with E-state index in [1.54, 1.807) is 6.07 Å². The first kappa shape index (κ1) is 16.0. The van der Waals surface area contributed by atoms with Crippen LogP contribution < -0.4 is 5.32 Å². The lowest BCUT2D eigenvalue weighted by atomic mass is 9.96. The Kier molecular flexibility index (Phi) is 5.06. The number of rotatable bonds is 4. The molecule has 0 aliphatic carbocycles. The molecule has 21 heavy (non-hydrogen) atoms. The largest absolute Gasteiger partial charge is 0.306 e. The second-order valence-corrected chi connectivity index (χ2v) is 5.64. The van der Waals surface area contributed by atoms with Crippen LogP contribution in [0, 0.1) is 24.4 Å². The van der Waals surface area contributed by atoms with Gasteiger partial charge in [-0.1, -0.05) is 35.0 Å². The standard InChI is InChI=1S/C16H15BrF3N/c1-3-21-16(10-4-5-12(17)9(2)6-10)15-13(19)7-11(18)8-14(15)20/h4-8,16,21H,3H2,1-2H3. The van der Waals surface area contributed by atoms with Gasteiger partial charge in [-0.2, -0.15) is 0 Å². The molecule has 1 nitrogen and oxygen atoms in total. The van der Waals surface area contributed by atoms with Gasteiger partial charge in [0.15, 0.2) is 0 Å². The van der Waals surface area contributed by atoms with Crippen molar-refractivity contribution in [3.8, 4) is 0 Å². The molecule has 0 fully saturated rings. The Hall–Kier alpha value is -1.33. The van der Waals surface area contributed by atoms with Crippen molar-refractivity contribution in [2.45, 2.75) is 19.9 Å². The van der Waals surface area contributed by atoms with E-state index in [0.29, 0.717) is 18.7 Å². The molecular formula is C16H15BrF3N. The van der Waals surface area contributed by atoms with Crippen LogP contribution in [0.3, 0.4) is 0 Å². The first-order valence-corrected chi connectivity index (χ1v) is 7.37. The summed E-state index contributed by atoms with van der Waals surface area (Å²) in [5.74, 6) is -2.70. The van der Waals surface area contributed by atoms with Crippen LogP contribution in [0.1, 0.15) is 29.7 Å². The van der Waals surface area contributed by atoms with Crippen LogP contribution in [0.4, 0.5) is 13.2 Å². The Balaban J connectivity index is 2.55. The molecule has 5 heteroatoms. The van der Waals surface area contributed by atoms with Gasteiger partial charge in [-0.15, -0.1) is 0 Å². The molecule has 112 valence electrons. The van der Waals surface area contributed by atoms with Crippen LogP contribution in [0.5, 0.6) is 0 Å². The highest BCUT2D eigenvalue weighted by atomic mass is 79.9. The number of benzene rings is 2. The molecule has 1 N–H and O–H groups in total. The maximum atomic E-state index is 14.0. The third-order valence-corrected chi connectivity index (χ3v) is 4.15. The Labute approximate surface area is 130 Å². The molecular weight excluding hydrogens is 343 g/mol. The summed E-state index contributed by atoms with van der Waals surface area (Å²) < 4.78 is 42.0. The van der Waals surface area contributed by atoms with Gasteiger partial charge in [0.1, 0.15) is 17.5 Å². The number of nitrogens with one attached hydrogen (secondary N) is 1. The Morgan fingerprint density at radius 3 is 2.24 bits per heavy atom. The summed E-state index contributed by atoms with van der Waals surface area (Å²) in [6, 6.07) is 6.20. The predicted octanol–water partition coefficient (Wildman–Crippen LogP) is 4.87. The third kappa shape index (κ3) is 3.47. The molecule has 0 aromatic heterocycles. The van der Waals surface area contributed by atoms with Crippen LogP contribution in [0.15, 0.2) is 34.8 Å². The van der Waals surface area contributed by atoms with Gasteiger partial charge in [0.25, 0.3) is 0 Å². The zero-order chi connectivity index (χ0) is 15.6. The van der Waals surface area contributed by atoms with Gasteiger partial charge < -0.3 is 5.32 Å². The Morgan fingerprint density at radius 1 is 1.10 bits per heavy atom. The Bertz CT molecular complexity index is 635. The van der Waals surface area contributed by atoms with E-state index in [1.165, 1.54) is 0 Å². The smallest absolute Gasteiger partial charge is 0.134 e. The van der Waals surface area contributed by atoms with Gasteiger partial charge >= 0.3 is 0 Å². The van der Waals surface area contributed by atoms with Crippen molar-refractivity contribution in [3.63, 3.8) is 0 Å². The van der Waals surface area contributed by atoms with E-state index >= 15 is 0 Å². The lowest BCUT2D eigenvalue weighted by Gasteiger charge is -2.21. The summed E-state index contributed by atoms with van der Waals surface area (Å²) in [5, 5.41) is 3.05. The molecule has 1 atom stereocenters. The van der Waals surface area contributed by atoms with E-state index in [4.69, 9.17) is 0 Å². The molecule has 2 rings (SSSR count). The predicted molar refractivity (Wildman–Crippen MR) is 80.7 cm³/mol. The molecule has 0 aliphatic rings. The zero-order valence-electron chi connectivity index (χ0n) is 11.7. The van der Waals surface area contributed by atoms with E-state index in [-0.39, 0.29) is 5.56 Å². The van der Waals surface area contributed by atoms with E-state index < -0.39 is 23.5 Å². The fourth-order valence-electron chi connectivity index (χ4n) is 2.27. The monoisotopic (exact) mass is 357 g/mol. The second kappa shape index (κ2) is 6.62. The minimum absolute atomic E-state index is 0.167. The van der Waals surface area contributed by atoms with Crippen molar-refractivity contribution in [1.82, 2.24) is 5.32 Å². The van der Waals surface area contributed by atoms with Crippen LogP contribution in [0.2, 0.25) is 0 Å². The minimum Gasteiger partial charge on any atom is -0.306 e. The van der Waals surface area contributed by atoms with Crippen LogP contribution in [-0.2, 0) is 0 Å². The lowest BCUT2D eigenvalue weighted by Crippen LogP contribution is -2.24. The summed E-state index contributed by atoms with van der Waals surface area (Å²) in [6.45, 7) is 4.27. The third-order valence-electron chi connectivity index (χ3n) is 3.26. The molecule has 2 aromatic rings. The van der Waals surface area contributed by atoms with Gasteiger partial charge in [-0.3, -0.25) is 0 Å². The van der Waals surface area contributed by atoms with Gasteiger partial charge in [0.05, 0.1) is 6.04 Å². The van der Waals surface area contributed by atoms with Gasteiger partial charge in [-0.25, -0.2) is 13.2 Å². The normalized spacial score (nSPS) is 12.5. The fourth-order valence-corrected chi connectivity index (χ4v) is 2.51. The Morgan fingerprint density at radius 2 is 1.71 bits per heavy atom. The van der Waals surface area contributed by atoms with Crippen molar-refractivity contribution in [2.24, 2.45) is 0 Å². The topological polar surface area (TPSA) is 12.0 Å². The van der Waals surface area contributed by atoms with Crippen molar-refractivity contribution >= 4 is 15.9 Å².